The van der Waals surface area contributed by atoms with Gasteiger partial charge in [-0.05, 0) is 37.6 Å². The molecule has 138 valence electrons. The number of ether oxygens (including phenoxy) is 3. The molecular weight excluding hydrogens is 356 g/mol. The number of sulfonamides is 1. The van der Waals surface area contributed by atoms with Crippen LogP contribution in [0.15, 0.2) is 41.4 Å². The predicted molar refractivity (Wildman–Crippen MR) is 94.2 cm³/mol. The number of hydrogen-bond acceptors (Lipinski definition) is 6. The molecule has 0 amide bonds. The molecule has 0 unspecified atom stereocenters. The van der Waals surface area contributed by atoms with E-state index in [1.165, 1.54) is 10.4 Å². The maximum Gasteiger partial charge on any atom is 0.243 e. The van der Waals surface area contributed by atoms with Gasteiger partial charge in [0.25, 0.3) is 0 Å². The summed E-state index contributed by atoms with van der Waals surface area (Å²) in [5.74, 6) is 1.69. The fourth-order valence-corrected chi connectivity index (χ4v) is 4.56. The molecule has 1 atom stereocenters. The van der Waals surface area contributed by atoms with Crippen molar-refractivity contribution in [2.75, 3.05) is 26.3 Å². The average Bonchev–Trinajstić information content (AvgIpc) is 3.12. The summed E-state index contributed by atoms with van der Waals surface area (Å²) < 4.78 is 44.1. The molecule has 0 spiro atoms. The normalized spacial score (nSPS) is 20.1. The second-order valence-corrected chi connectivity index (χ2v) is 8.27. The lowest BCUT2D eigenvalue weighted by Gasteiger charge is -2.21. The van der Waals surface area contributed by atoms with E-state index < -0.39 is 10.0 Å². The number of hydrogen-bond donors (Lipinski definition) is 0. The molecule has 0 saturated carbocycles. The monoisotopic (exact) mass is 376 g/mol. The summed E-state index contributed by atoms with van der Waals surface area (Å²) in [6.07, 6.45) is 2.11. The topological polar surface area (TPSA) is 78.0 Å². The van der Waals surface area contributed by atoms with Crippen molar-refractivity contribution in [1.82, 2.24) is 9.29 Å². The molecule has 2 aliphatic rings. The number of benzene rings is 1. The molecule has 0 radical (unpaired) electrons. The largest absolute Gasteiger partial charge is 0.487 e. The highest BCUT2D eigenvalue weighted by Gasteiger charge is 2.34. The Labute approximate surface area is 152 Å². The van der Waals surface area contributed by atoms with Crippen molar-refractivity contribution < 1.29 is 22.6 Å². The summed E-state index contributed by atoms with van der Waals surface area (Å²) >= 11 is 0. The standard InChI is InChI=1S/C18H20N2O5S/c1-13-2-3-14(11-19-13)25-15-6-7-20(12-15)26(21,22)16-4-5-17-18(10-16)24-9-8-23-17/h2-5,10-11,15H,6-9,12H2,1H3/t15-/m0/s1. The van der Waals surface area contributed by atoms with Crippen molar-refractivity contribution in [1.29, 1.82) is 0 Å². The number of rotatable bonds is 4. The van der Waals surface area contributed by atoms with E-state index in [1.807, 2.05) is 19.1 Å². The van der Waals surface area contributed by atoms with E-state index in [-0.39, 0.29) is 11.0 Å². The maximum absolute atomic E-state index is 12.9. The lowest BCUT2D eigenvalue weighted by atomic mass is 10.3. The molecule has 8 heteroatoms. The van der Waals surface area contributed by atoms with E-state index >= 15 is 0 Å². The van der Waals surface area contributed by atoms with E-state index in [4.69, 9.17) is 14.2 Å². The van der Waals surface area contributed by atoms with Crippen LogP contribution in [0.5, 0.6) is 17.2 Å². The van der Waals surface area contributed by atoms with E-state index in [1.54, 1.807) is 18.3 Å². The van der Waals surface area contributed by atoms with Gasteiger partial charge in [-0.15, -0.1) is 0 Å². The first-order chi connectivity index (χ1) is 12.5. The Kier molecular flexibility index (Phi) is 4.46. The first kappa shape index (κ1) is 17.1. The molecule has 7 nitrogen and oxygen atoms in total. The third-order valence-electron chi connectivity index (χ3n) is 4.45. The second kappa shape index (κ2) is 6.77. The van der Waals surface area contributed by atoms with Crippen LogP contribution in [0.1, 0.15) is 12.1 Å². The molecule has 4 rings (SSSR count). The van der Waals surface area contributed by atoms with Crippen LogP contribution in [0.3, 0.4) is 0 Å². The van der Waals surface area contributed by atoms with E-state index in [0.717, 1.165) is 5.69 Å². The third kappa shape index (κ3) is 3.34. The van der Waals surface area contributed by atoms with Crippen LogP contribution >= 0.6 is 0 Å². The van der Waals surface area contributed by atoms with Gasteiger partial charge in [0, 0.05) is 18.3 Å². The van der Waals surface area contributed by atoms with Gasteiger partial charge in [-0.25, -0.2) is 8.42 Å². The Bertz CT molecular complexity index is 898. The minimum atomic E-state index is -3.60. The zero-order valence-electron chi connectivity index (χ0n) is 14.4. The summed E-state index contributed by atoms with van der Waals surface area (Å²) in [6, 6.07) is 8.44. The van der Waals surface area contributed by atoms with Gasteiger partial charge in [-0.1, -0.05) is 0 Å². The highest BCUT2D eigenvalue weighted by molar-refractivity contribution is 7.89. The van der Waals surface area contributed by atoms with Crippen LogP contribution in [0.2, 0.25) is 0 Å². The fraction of sp³-hybridized carbons (Fsp3) is 0.389. The van der Waals surface area contributed by atoms with Crippen molar-refractivity contribution in [3.05, 3.63) is 42.2 Å². The highest BCUT2D eigenvalue weighted by Crippen LogP contribution is 2.34. The van der Waals surface area contributed by atoms with Crippen molar-refractivity contribution >= 4 is 10.0 Å². The minimum absolute atomic E-state index is 0.188. The van der Waals surface area contributed by atoms with Crippen LogP contribution < -0.4 is 14.2 Å². The van der Waals surface area contributed by atoms with Crippen LogP contribution in [0.4, 0.5) is 0 Å². The van der Waals surface area contributed by atoms with E-state index in [0.29, 0.717) is 50.0 Å². The van der Waals surface area contributed by atoms with Gasteiger partial charge in [0.2, 0.25) is 10.0 Å². The van der Waals surface area contributed by atoms with Crippen LogP contribution in [-0.4, -0.2) is 50.1 Å². The van der Waals surface area contributed by atoms with Crippen LogP contribution in [-0.2, 0) is 10.0 Å². The number of fused-ring (bicyclic) bond motifs is 1. The zero-order chi connectivity index (χ0) is 18.1. The van der Waals surface area contributed by atoms with Gasteiger partial charge in [-0.3, -0.25) is 4.98 Å². The Morgan fingerprint density at radius 3 is 2.73 bits per heavy atom. The van der Waals surface area contributed by atoms with Gasteiger partial charge in [-0.2, -0.15) is 4.31 Å². The number of aromatic nitrogens is 1. The number of pyridine rings is 1. The van der Waals surface area contributed by atoms with Crippen molar-refractivity contribution in [3.63, 3.8) is 0 Å². The lowest BCUT2D eigenvalue weighted by Crippen LogP contribution is -2.31. The Balaban J connectivity index is 1.48. The Morgan fingerprint density at radius 2 is 1.96 bits per heavy atom. The molecule has 1 aromatic carbocycles. The summed E-state index contributed by atoms with van der Waals surface area (Å²) in [4.78, 5) is 4.40. The molecule has 1 fully saturated rings. The molecule has 2 aliphatic heterocycles. The van der Waals surface area contributed by atoms with E-state index in [2.05, 4.69) is 4.98 Å². The first-order valence-corrected chi connectivity index (χ1v) is 9.95. The molecule has 2 aromatic rings. The van der Waals surface area contributed by atoms with Crippen molar-refractivity contribution in [2.24, 2.45) is 0 Å². The molecule has 1 aromatic heterocycles. The highest BCUT2D eigenvalue weighted by atomic mass is 32.2. The summed E-state index contributed by atoms with van der Waals surface area (Å²) in [6.45, 7) is 3.52. The van der Waals surface area contributed by atoms with Gasteiger partial charge in [0.05, 0.1) is 17.6 Å². The summed E-state index contributed by atoms with van der Waals surface area (Å²) in [5.41, 5.74) is 0.909. The summed E-state index contributed by atoms with van der Waals surface area (Å²) in [7, 11) is -3.60. The minimum Gasteiger partial charge on any atom is -0.487 e. The number of aryl methyl sites for hydroxylation is 1. The maximum atomic E-state index is 12.9. The molecule has 26 heavy (non-hydrogen) atoms. The van der Waals surface area contributed by atoms with Gasteiger partial charge < -0.3 is 14.2 Å². The molecule has 0 aliphatic carbocycles. The van der Waals surface area contributed by atoms with E-state index in [9.17, 15) is 8.42 Å². The van der Waals surface area contributed by atoms with Crippen molar-refractivity contribution in [3.8, 4) is 17.2 Å². The van der Waals surface area contributed by atoms with Crippen molar-refractivity contribution in [2.45, 2.75) is 24.3 Å². The first-order valence-electron chi connectivity index (χ1n) is 8.51. The van der Waals surface area contributed by atoms with Crippen LogP contribution in [0, 0.1) is 6.92 Å². The van der Waals surface area contributed by atoms with Gasteiger partial charge in [0.1, 0.15) is 25.1 Å². The second-order valence-electron chi connectivity index (χ2n) is 6.33. The number of nitrogens with zero attached hydrogens (tertiary/aromatic N) is 2. The average molecular weight is 376 g/mol. The molecule has 3 heterocycles. The lowest BCUT2D eigenvalue weighted by molar-refractivity contribution is 0.171. The quantitative estimate of drug-likeness (QED) is 0.812. The third-order valence-corrected chi connectivity index (χ3v) is 6.31. The molecule has 0 N–H and O–H groups in total. The zero-order valence-corrected chi connectivity index (χ0v) is 15.2. The molecule has 1 saturated heterocycles. The van der Waals surface area contributed by atoms with Crippen LogP contribution in [0.25, 0.3) is 0 Å². The Morgan fingerprint density at radius 1 is 1.15 bits per heavy atom. The van der Waals surface area contributed by atoms with Gasteiger partial charge in [0.15, 0.2) is 11.5 Å². The SMILES string of the molecule is Cc1ccc(O[C@H]2CCN(S(=O)(=O)c3ccc4c(c3)OCCO4)C2)cn1. The molecular formula is C18H20N2O5S. The summed E-state index contributed by atoms with van der Waals surface area (Å²) in [5, 5.41) is 0. The predicted octanol–water partition coefficient (Wildman–Crippen LogP) is 2.00. The fourth-order valence-electron chi connectivity index (χ4n) is 3.06. The molecule has 0 bridgehead atoms. The Hall–Kier alpha value is -2.32. The van der Waals surface area contributed by atoms with Gasteiger partial charge >= 0.3 is 0 Å². The smallest absolute Gasteiger partial charge is 0.243 e.